The zero-order chi connectivity index (χ0) is 30.7. The SMILES string of the molecule is C1=Cc2ccccc2OC1.CC1=Cc2ccc3c(c2=CC1COCC[Si](C)(C)C)=CCC1=C3C=CC(c2ccccc2C)C1. The van der Waals surface area contributed by atoms with Crippen molar-refractivity contribution in [1.29, 1.82) is 0 Å². The van der Waals surface area contributed by atoms with Gasteiger partial charge >= 0.3 is 0 Å². The number of rotatable bonds is 6. The number of para-hydroxylation sites is 1. The normalized spacial score (nSPS) is 19.5. The van der Waals surface area contributed by atoms with E-state index in [1.54, 1.807) is 5.57 Å². The molecule has 0 bridgehead atoms. The molecule has 0 spiro atoms. The number of aryl methyl sites for hydroxylation is 1. The van der Waals surface area contributed by atoms with Gasteiger partial charge in [0.2, 0.25) is 0 Å². The van der Waals surface area contributed by atoms with Crippen molar-refractivity contribution >= 4 is 38.0 Å². The molecule has 3 aromatic carbocycles. The molecule has 0 saturated carbocycles. The second kappa shape index (κ2) is 13.1. The summed E-state index contributed by atoms with van der Waals surface area (Å²) >= 11 is 0. The van der Waals surface area contributed by atoms with E-state index in [1.165, 1.54) is 55.4 Å². The molecule has 0 radical (unpaired) electrons. The van der Waals surface area contributed by atoms with E-state index in [-0.39, 0.29) is 0 Å². The number of allylic oxidation sites excluding steroid dienone is 4. The average Bonchev–Trinajstić information content (AvgIpc) is 3.03. The van der Waals surface area contributed by atoms with Gasteiger partial charge in [0.05, 0.1) is 6.61 Å². The van der Waals surface area contributed by atoms with Gasteiger partial charge in [-0.05, 0) is 83.1 Å². The molecule has 0 fully saturated rings. The Bertz CT molecular complexity index is 1780. The van der Waals surface area contributed by atoms with Crippen molar-refractivity contribution in [2.75, 3.05) is 19.8 Å². The molecule has 4 aliphatic rings. The summed E-state index contributed by atoms with van der Waals surface area (Å²) in [6.45, 7) is 14.1. The van der Waals surface area contributed by atoms with Gasteiger partial charge in [0.1, 0.15) is 12.4 Å². The van der Waals surface area contributed by atoms with Gasteiger partial charge in [0, 0.05) is 32.1 Å². The van der Waals surface area contributed by atoms with Crippen molar-refractivity contribution in [1.82, 2.24) is 0 Å². The highest BCUT2D eigenvalue weighted by Gasteiger charge is 2.23. The molecule has 2 atom stereocenters. The molecule has 0 saturated heterocycles. The molecule has 3 aromatic rings. The van der Waals surface area contributed by atoms with Crippen LogP contribution in [0.1, 0.15) is 53.5 Å². The Morgan fingerprint density at radius 1 is 0.886 bits per heavy atom. The smallest absolute Gasteiger partial charge is 0.126 e. The highest BCUT2D eigenvalue weighted by molar-refractivity contribution is 6.76. The van der Waals surface area contributed by atoms with Crippen molar-refractivity contribution in [3.63, 3.8) is 0 Å². The molecule has 2 unspecified atom stereocenters. The van der Waals surface area contributed by atoms with E-state index in [0.29, 0.717) is 18.4 Å². The van der Waals surface area contributed by atoms with Gasteiger partial charge in [-0.25, -0.2) is 0 Å². The number of ether oxygens (including phenoxy) is 2. The Kier molecular flexibility index (Phi) is 9.07. The monoisotopic (exact) mass is 598 g/mol. The topological polar surface area (TPSA) is 18.5 Å². The Hall–Kier alpha value is -3.66. The van der Waals surface area contributed by atoms with Gasteiger partial charge in [0.25, 0.3) is 0 Å². The summed E-state index contributed by atoms with van der Waals surface area (Å²) < 4.78 is 11.5. The third kappa shape index (κ3) is 6.85. The molecule has 0 amide bonds. The number of benzene rings is 3. The van der Waals surface area contributed by atoms with E-state index in [9.17, 15) is 0 Å². The summed E-state index contributed by atoms with van der Waals surface area (Å²) in [5.41, 5.74) is 11.2. The summed E-state index contributed by atoms with van der Waals surface area (Å²) in [7, 11) is -1.05. The van der Waals surface area contributed by atoms with E-state index in [1.807, 2.05) is 30.3 Å². The maximum atomic E-state index is 6.16. The maximum Gasteiger partial charge on any atom is 0.126 e. The fourth-order valence-electron chi connectivity index (χ4n) is 6.62. The summed E-state index contributed by atoms with van der Waals surface area (Å²) in [5.74, 6) is 1.85. The van der Waals surface area contributed by atoms with E-state index in [4.69, 9.17) is 9.47 Å². The first kappa shape index (κ1) is 30.4. The van der Waals surface area contributed by atoms with Crippen LogP contribution in [0.5, 0.6) is 5.75 Å². The lowest BCUT2D eigenvalue weighted by atomic mass is 9.77. The fourth-order valence-corrected chi connectivity index (χ4v) is 7.38. The highest BCUT2D eigenvalue weighted by Crippen LogP contribution is 2.38. The average molecular weight is 599 g/mol. The minimum Gasteiger partial charge on any atom is -0.489 e. The predicted octanol–water partition coefficient (Wildman–Crippen LogP) is 8.94. The largest absolute Gasteiger partial charge is 0.489 e. The first-order valence-electron chi connectivity index (χ1n) is 16.2. The van der Waals surface area contributed by atoms with Crippen LogP contribution < -0.4 is 15.2 Å². The number of hydrogen-bond donors (Lipinski definition) is 0. The molecule has 226 valence electrons. The Morgan fingerprint density at radius 2 is 1.70 bits per heavy atom. The summed E-state index contributed by atoms with van der Waals surface area (Å²) in [4.78, 5) is 0. The summed E-state index contributed by atoms with van der Waals surface area (Å²) in [5, 5.41) is 2.83. The second-order valence-electron chi connectivity index (χ2n) is 13.8. The van der Waals surface area contributed by atoms with Gasteiger partial charge in [-0.2, -0.15) is 0 Å². The van der Waals surface area contributed by atoms with Crippen LogP contribution in [-0.4, -0.2) is 27.9 Å². The van der Waals surface area contributed by atoms with Crippen LogP contribution in [0.3, 0.4) is 0 Å². The minimum atomic E-state index is -1.05. The third-order valence-electron chi connectivity index (χ3n) is 9.28. The van der Waals surface area contributed by atoms with E-state index in [2.05, 4.69) is 106 Å². The van der Waals surface area contributed by atoms with Crippen molar-refractivity contribution in [3.8, 4) is 5.75 Å². The lowest BCUT2D eigenvalue weighted by Crippen LogP contribution is -2.36. The fraction of sp³-hybridized carbons (Fsp3) is 0.317. The van der Waals surface area contributed by atoms with Crippen molar-refractivity contribution in [2.24, 2.45) is 5.92 Å². The molecule has 0 N–H and O–H groups in total. The zero-order valence-corrected chi connectivity index (χ0v) is 28.0. The number of hydrogen-bond acceptors (Lipinski definition) is 2. The van der Waals surface area contributed by atoms with Gasteiger partial charge in [-0.15, -0.1) is 0 Å². The molecule has 2 nitrogen and oxygen atoms in total. The van der Waals surface area contributed by atoms with E-state index < -0.39 is 8.07 Å². The van der Waals surface area contributed by atoms with Crippen LogP contribution in [0.15, 0.2) is 90.0 Å². The van der Waals surface area contributed by atoms with Crippen LogP contribution in [-0.2, 0) is 4.74 Å². The number of fused-ring (bicyclic) bond motifs is 5. The summed E-state index contributed by atoms with van der Waals surface area (Å²) in [6.07, 6.45) is 18.4. The zero-order valence-electron chi connectivity index (χ0n) is 27.0. The van der Waals surface area contributed by atoms with Crippen molar-refractivity contribution < 1.29 is 9.47 Å². The summed E-state index contributed by atoms with van der Waals surface area (Å²) in [6, 6.07) is 22.8. The molecule has 3 heteroatoms. The molecule has 44 heavy (non-hydrogen) atoms. The first-order chi connectivity index (χ1) is 21.3. The minimum absolute atomic E-state index is 0.372. The van der Waals surface area contributed by atoms with Gasteiger partial charge in [-0.3, -0.25) is 0 Å². The van der Waals surface area contributed by atoms with Gasteiger partial charge in [0.15, 0.2) is 0 Å². The lowest BCUT2D eigenvalue weighted by Gasteiger charge is -2.27. The van der Waals surface area contributed by atoms with Crippen LogP contribution in [0, 0.1) is 12.8 Å². The van der Waals surface area contributed by atoms with E-state index in [0.717, 1.165) is 31.8 Å². The molecule has 7 rings (SSSR count). The van der Waals surface area contributed by atoms with Gasteiger partial charge < -0.3 is 9.47 Å². The quantitative estimate of drug-likeness (QED) is 0.208. The van der Waals surface area contributed by atoms with Crippen LogP contribution >= 0.6 is 0 Å². The molecule has 1 heterocycles. The van der Waals surface area contributed by atoms with Gasteiger partial charge in [-0.1, -0.05) is 122 Å². The lowest BCUT2D eigenvalue weighted by molar-refractivity contribution is 0.136. The molecule has 0 aromatic heterocycles. The maximum absolute atomic E-state index is 6.16. The van der Waals surface area contributed by atoms with Crippen LogP contribution in [0.2, 0.25) is 25.7 Å². The Labute approximate surface area is 264 Å². The van der Waals surface area contributed by atoms with Crippen LogP contribution in [0.25, 0.3) is 29.9 Å². The molecule has 1 aliphatic heterocycles. The van der Waals surface area contributed by atoms with Crippen LogP contribution in [0.4, 0.5) is 0 Å². The third-order valence-corrected chi connectivity index (χ3v) is 11.0. The van der Waals surface area contributed by atoms with Crippen molar-refractivity contribution in [3.05, 3.63) is 128 Å². The Morgan fingerprint density at radius 3 is 2.52 bits per heavy atom. The molecular formula is C41H46O2Si. The first-order valence-corrected chi connectivity index (χ1v) is 19.9. The van der Waals surface area contributed by atoms with E-state index >= 15 is 0 Å². The molecular weight excluding hydrogens is 553 g/mol. The Balaban J connectivity index is 0.000000289. The predicted molar refractivity (Wildman–Crippen MR) is 191 cm³/mol. The highest BCUT2D eigenvalue weighted by atomic mass is 28.3. The molecule has 3 aliphatic carbocycles. The standard InChI is InChI=1S/C32H38OSi.C9H8O/c1-22-8-6-7-9-28(22)25-10-13-29-26(19-25)12-15-31-30(29)14-11-24-18-23(2)27(20-32(24)31)21-33-16-17-34(3,4)5;1-2-6-9-8(4-1)5-3-7-10-9/h6-11,13-15,18,20,25,27H,12,16-17,19,21H2,1-5H3;1-6H,7H2. The second-order valence-corrected chi connectivity index (χ2v) is 19.4. The van der Waals surface area contributed by atoms with Crippen molar-refractivity contribution in [2.45, 2.75) is 58.3 Å².